The third kappa shape index (κ3) is 2.28. The topological polar surface area (TPSA) is 54.6 Å². The molecule has 4 heteroatoms. The van der Waals surface area contributed by atoms with Crippen LogP contribution < -0.4 is 0 Å². The summed E-state index contributed by atoms with van der Waals surface area (Å²) in [7, 11) is 0. The average molecular weight is 266 g/mol. The zero-order valence-electron chi connectivity index (χ0n) is 11.1. The molecule has 2 heterocycles. The van der Waals surface area contributed by atoms with E-state index in [0.717, 1.165) is 12.1 Å². The third-order valence-electron chi connectivity index (χ3n) is 3.39. The van der Waals surface area contributed by atoms with Crippen LogP contribution in [0.5, 0.6) is 0 Å². The van der Waals surface area contributed by atoms with Crippen LogP contribution >= 0.6 is 0 Å². The minimum absolute atomic E-state index is 0.255. The zero-order valence-corrected chi connectivity index (χ0v) is 11.1. The van der Waals surface area contributed by atoms with Crippen molar-refractivity contribution in [1.82, 2.24) is 9.38 Å². The summed E-state index contributed by atoms with van der Waals surface area (Å²) in [5.74, 6) is -0.934. The summed E-state index contributed by atoms with van der Waals surface area (Å²) in [5, 5.41) is 8.99. The minimum Gasteiger partial charge on any atom is -0.478 e. The summed E-state index contributed by atoms with van der Waals surface area (Å²) in [5.41, 5.74) is 4.31. The molecule has 0 bridgehead atoms. The Hall–Kier alpha value is -2.62. The van der Waals surface area contributed by atoms with E-state index in [1.807, 2.05) is 22.7 Å². The van der Waals surface area contributed by atoms with Crippen LogP contribution in [0.4, 0.5) is 0 Å². The smallest absolute Gasteiger partial charge is 0.335 e. The van der Waals surface area contributed by atoms with Gasteiger partial charge in [0.05, 0.1) is 11.3 Å². The number of fused-ring (bicyclic) bond motifs is 1. The fourth-order valence-corrected chi connectivity index (χ4v) is 2.26. The first kappa shape index (κ1) is 12.4. The monoisotopic (exact) mass is 266 g/mol. The normalized spacial score (nSPS) is 10.8. The van der Waals surface area contributed by atoms with Crippen LogP contribution in [0.25, 0.3) is 5.65 Å². The summed E-state index contributed by atoms with van der Waals surface area (Å²) >= 11 is 0. The van der Waals surface area contributed by atoms with Crippen LogP contribution in [0.3, 0.4) is 0 Å². The molecule has 3 aromatic rings. The molecule has 0 fully saturated rings. The Bertz CT molecular complexity index is 790. The number of carbonyl (C=O) groups is 1. The van der Waals surface area contributed by atoms with Gasteiger partial charge in [-0.25, -0.2) is 9.78 Å². The standard InChI is InChI=1S/C16H14N2O2/c1-11-4-2-3-5-12(11)8-14-10-18-7-6-13(16(19)20)9-15(18)17-14/h2-7,9-10H,8H2,1H3,(H,19,20). The van der Waals surface area contributed by atoms with E-state index >= 15 is 0 Å². The molecule has 20 heavy (non-hydrogen) atoms. The lowest BCUT2D eigenvalue weighted by atomic mass is 10.0. The minimum atomic E-state index is -0.934. The predicted molar refractivity (Wildman–Crippen MR) is 76.1 cm³/mol. The number of pyridine rings is 1. The molecular weight excluding hydrogens is 252 g/mol. The lowest BCUT2D eigenvalue weighted by Gasteiger charge is -2.01. The summed E-state index contributed by atoms with van der Waals surface area (Å²) in [6.45, 7) is 2.08. The number of imidazole rings is 1. The summed E-state index contributed by atoms with van der Waals surface area (Å²) in [6, 6.07) is 11.4. The van der Waals surface area contributed by atoms with E-state index in [2.05, 4.69) is 24.0 Å². The summed E-state index contributed by atoms with van der Waals surface area (Å²) in [4.78, 5) is 15.4. The van der Waals surface area contributed by atoms with Crippen LogP contribution in [-0.2, 0) is 6.42 Å². The quantitative estimate of drug-likeness (QED) is 0.793. The predicted octanol–water partition coefficient (Wildman–Crippen LogP) is 2.93. The molecule has 0 radical (unpaired) electrons. The van der Waals surface area contributed by atoms with E-state index in [1.165, 1.54) is 11.1 Å². The molecule has 1 aromatic carbocycles. The molecule has 0 aliphatic carbocycles. The Labute approximate surface area is 116 Å². The van der Waals surface area contributed by atoms with Crippen LogP contribution in [0.15, 0.2) is 48.8 Å². The van der Waals surface area contributed by atoms with Crippen molar-refractivity contribution in [3.05, 3.63) is 71.2 Å². The highest BCUT2D eigenvalue weighted by atomic mass is 16.4. The maximum atomic E-state index is 11.0. The van der Waals surface area contributed by atoms with Crippen LogP contribution in [0.1, 0.15) is 27.2 Å². The first-order chi connectivity index (χ1) is 9.63. The Balaban J connectivity index is 1.97. The second-order valence-electron chi connectivity index (χ2n) is 4.82. The van der Waals surface area contributed by atoms with Crippen molar-refractivity contribution in [3.8, 4) is 0 Å². The van der Waals surface area contributed by atoms with Gasteiger partial charge in [0.2, 0.25) is 0 Å². The lowest BCUT2D eigenvalue weighted by Crippen LogP contribution is -1.97. The fraction of sp³-hybridized carbons (Fsp3) is 0.125. The van der Waals surface area contributed by atoms with Gasteiger partial charge in [0, 0.05) is 18.8 Å². The highest BCUT2D eigenvalue weighted by Gasteiger charge is 2.08. The molecule has 2 aromatic heterocycles. The molecule has 0 aliphatic heterocycles. The van der Waals surface area contributed by atoms with Gasteiger partial charge in [0.25, 0.3) is 0 Å². The van der Waals surface area contributed by atoms with Crippen LogP contribution in [0.2, 0.25) is 0 Å². The maximum absolute atomic E-state index is 11.0. The van der Waals surface area contributed by atoms with E-state index in [9.17, 15) is 4.79 Å². The average Bonchev–Trinajstić information content (AvgIpc) is 2.82. The van der Waals surface area contributed by atoms with E-state index < -0.39 is 5.97 Å². The second kappa shape index (κ2) is 4.81. The number of nitrogens with zero attached hydrogens (tertiary/aromatic N) is 2. The second-order valence-corrected chi connectivity index (χ2v) is 4.82. The van der Waals surface area contributed by atoms with Crippen LogP contribution in [0, 0.1) is 6.92 Å². The van der Waals surface area contributed by atoms with E-state index in [1.54, 1.807) is 18.3 Å². The first-order valence-corrected chi connectivity index (χ1v) is 6.39. The molecule has 0 unspecified atom stereocenters. The van der Waals surface area contributed by atoms with Gasteiger partial charge in [-0.1, -0.05) is 24.3 Å². The van der Waals surface area contributed by atoms with Crippen molar-refractivity contribution in [2.24, 2.45) is 0 Å². The highest BCUT2D eigenvalue weighted by molar-refractivity contribution is 5.88. The number of aromatic carboxylic acids is 1. The summed E-state index contributed by atoms with van der Waals surface area (Å²) < 4.78 is 1.85. The third-order valence-corrected chi connectivity index (χ3v) is 3.39. The molecule has 1 N–H and O–H groups in total. The molecule has 100 valence electrons. The molecule has 3 rings (SSSR count). The van der Waals surface area contributed by atoms with E-state index in [4.69, 9.17) is 5.11 Å². The SMILES string of the molecule is Cc1ccccc1Cc1cn2ccc(C(=O)O)cc2n1. The van der Waals surface area contributed by atoms with E-state index in [0.29, 0.717) is 5.65 Å². The largest absolute Gasteiger partial charge is 0.478 e. The number of carboxylic acid groups (broad SMARTS) is 1. The fourth-order valence-electron chi connectivity index (χ4n) is 2.26. The Morgan fingerprint density at radius 2 is 2.10 bits per heavy atom. The van der Waals surface area contributed by atoms with Gasteiger partial charge >= 0.3 is 5.97 Å². The van der Waals surface area contributed by atoms with Crippen molar-refractivity contribution in [1.29, 1.82) is 0 Å². The molecule has 0 saturated heterocycles. The van der Waals surface area contributed by atoms with E-state index in [-0.39, 0.29) is 5.56 Å². The molecule has 0 amide bonds. The van der Waals surface area contributed by atoms with Crippen molar-refractivity contribution in [2.45, 2.75) is 13.3 Å². The molecular formula is C16H14N2O2. The van der Waals surface area contributed by atoms with Crippen LogP contribution in [-0.4, -0.2) is 20.5 Å². The van der Waals surface area contributed by atoms with Gasteiger partial charge in [0.15, 0.2) is 0 Å². The highest BCUT2D eigenvalue weighted by Crippen LogP contribution is 2.15. The number of rotatable bonds is 3. The molecule has 0 atom stereocenters. The number of aromatic nitrogens is 2. The summed E-state index contributed by atoms with van der Waals surface area (Å²) in [6.07, 6.45) is 4.41. The van der Waals surface area contributed by atoms with Crippen molar-refractivity contribution < 1.29 is 9.90 Å². The number of carboxylic acids is 1. The molecule has 0 spiro atoms. The van der Waals surface area contributed by atoms with Gasteiger partial charge in [-0.05, 0) is 30.2 Å². The molecule has 4 nitrogen and oxygen atoms in total. The number of benzene rings is 1. The number of hydrogen-bond donors (Lipinski definition) is 1. The lowest BCUT2D eigenvalue weighted by molar-refractivity contribution is 0.0697. The van der Waals surface area contributed by atoms with Crippen molar-refractivity contribution >= 4 is 11.6 Å². The maximum Gasteiger partial charge on any atom is 0.335 e. The van der Waals surface area contributed by atoms with Crippen molar-refractivity contribution in [2.75, 3.05) is 0 Å². The van der Waals surface area contributed by atoms with Gasteiger partial charge in [-0.3, -0.25) is 0 Å². The molecule has 0 saturated carbocycles. The number of aryl methyl sites for hydroxylation is 1. The Kier molecular flexibility index (Phi) is 2.99. The van der Waals surface area contributed by atoms with Gasteiger partial charge < -0.3 is 9.51 Å². The Morgan fingerprint density at radius 1 is 1.30 bits per heavy atom. The van der Waals surface area contributed by atoms with Gasteiger partial charge in [-0.2, -0.15) is 0 Å². The Morgan fingerprint density at radius 3 is 2.85 bits per heavy atom. The first-order valence-electron chi connectivity index (χ1n) is 6.39. The number of hydrogen-bond acceptors (Lipinski definition) is 2. The van der Waals surface area contributed by atoms with Gasteiger partial charge in [0.1, 0.15) is 5.65 Å². The van der Waals surface area contributed by atoms with Crippen molar-refractivity contribution in [3.63, 3.8) is 0 Å². The van der Waals surface area contributed by atoms with Gasteiger partial charge in [-0.15, -0.1) is 0 Å². The zero-order chi connectivity index (χ0) is 14.1. The molecule has 0 aliphatic rings.